The van der Waals surface area contributed by atoms with Crippen LogP contribution >= 0.6 is 0 Å². The SMILES string of the molecule is Cc1cnccc1NC(=O)N1CCC[C@@H](Nc2ccc(N(C)C)nc2)CC1. The first-order valence-electron chi connectivity index (χ1n) is 9.39. The number of amides is 2. The standard InChI is InChI=1S/C20H28N6O/c1-15-13-21-10-8-18(15)24-20(27)26-11-4-5-16(9-12-26)23-17-6-7-19(22-14-17)25(2)3/h6-8,10,13-14,16,23H,4-5,9,11-12H2,1-3H3,(H,21,24,27)/t16-/m1/s1. The van der Waals surface area contributed by atoms with Crippen LogP contribution in [0.15, 0.2) is 36.8 Å². The Hall–Kier alpha value is -2.83. The molecular weight excluding hydrogens is 340 g/mol. The Balaban J connectivity index is 1.54. The highest BCUT2D eigenvalue weighted by atomic mass is 16.2. The van der Waals surface area contributed by atoms with Crippen LogP contribution in [0.1, 0.15) is 24.8 Å². The molecule has 7 heteroatoms. The van der Waals surface area contributed by atoms with E-state index < -0.39 is 0 Å². The highest BCUT2D eigenvalue weighted by Crippen LogP contribution is 2.19. The van der Waals surface area contributed by atoms with Crippen molar-refractivity contribution in [2.75, 3.05) is 42.7 Å². The Bertz CT molecular complexity index is 761. The van der Waals surface area contributed by atoms with Crippen molar-refractivity contribution in [3.05, 3.63) is 42.4 Å². The van der Waals surface area contributed by atoms with Crippen molar-refractivity contribution >= 4 is 23.2 Å². The third kappa shape index (κ3) is 5.09. The highest BCUT2D eigenvalue weighted by Gasteiger charge is 2.21. The van der Waals surface area contributed by atoms with Crippen LogP contribution in [-0.2, 0) is 0 Å². The Morgan fingerprint density at radius 1 is 1.19 bits per heavy atom. The molecule has 0 aromatic carbocycles. The number of anilines is 3. The molecule has 0 saturated carbocycles. The third-order valence-electron chi connectivity index (χ3n) is 4.85. The third-order valence-corrected chi connectivity index (χ3v) is 4.85. The molecule has 0 aliphatic carbocycles. The lowest BCUT2D eigenvalue weighted by Crippen LogP contribution is -2.36. The van der Waals surface area contributed by atoms with Gasteiger partial charge in [-0.15, -0.1) is 0 Å². The van der Waals surface area contributed by atoms with Gasteiger partial charge in [-0.3, -0.25) is 4.98 Å². The molecule has 0 unspecified atom stereocenters. The molecule has 0 bridgehead atoms. The molecule has 1 aliphatic heterocycles. The first kappa shape index (κ1) is 18.9. The normalized spacial score (nSPS) is 17.1. The summed E-state index contributed by atoms with van der Waals surface area (Å²) in [5.74, 6) is 0.940. The van der Waals surface area contributed by atoms with E-state index >= 15 is 0 Å². The van der Waals surface area contributed by atoms with Crippen molar-refractivity contribution in [3.8, 4) is 0 Å². The summed E-state index contributed by atoms with van der Waals surface area (Å²) in [6.45, 7) is 3.45. The molecule has 0 spiro atoms. The van der Waals surface area contributed by atoms with Crippen molar-refractivity contribution in [1.29, 1.82) is 0 Å². The number of pyridine rings is 2. The fourth-order valence-electron chi connectivity index (χ4n) is 3.22. The molecule has 144 valence electrons. The molecule has 0 radical (unpaired) electrons. The van der Waals surface area contributed by atoms with Gasteiger partial charge in [-0.05, 0) is 49.9 Å². The number of carbonyl (C=O) groups is 1. The van der Waals surface area contributed by atoms with Gasteiger partial charge in [-0.1, -0.05) is 0 Å². The van der Waals surface area contributed by atoms with Crippen molar-refractivity contribution in [2.45, 2.75) is 32.2 Å². The van der Waals surface area contributed by atoms with Gasteiger partial charge in [0.25, 0.3) is 0 Å². The smallest absolute Gasteiger partial charge is 0.321 e. The topological polar surface area (TPSA) is 73.4 Å². The average molecular weight is 368 g/mol. The van der Waals surface area contributed by atoms with Gasteiger partial charge < -0.3 is 20.4 Å². The van der Waals surface area contributed by atoms with Crippen LogP contribution in [0.3, 0.4) is 0 Å². The summed E-state index contributed by atoms with van der Waals surface area (Å²) in [6, 6.07) is 6.21. The summed E-state index contributed by atoms with van der Waals surface area (Å²) in [4.78, 5) is 25.0. The minimum absolute atomic E-state index is 0.0399. The van der Waals surface area contributed by atoms with Gasteiger partial charge >= 0.3 is 6.03 Å². The largest absolute Gasteiger partial charge is 0.381 e. The van der Waals surface area contributed by atoms with E-state index in [-0.39, 0.29) is 6.03 Å². The van der Waals surface area contributed by atoms with Crippen molar-refractivity contribution in [3.63, 3.8) is 0 Å². The summed E-state index contributed by atoms with van der Waals surface area (Å²) in [7, 11) is 3.96. The van der Waals surface area contributed by atoms with Crippen LogP contribution in [0, 0.1) is 6.92 Å². The van der Waals surface area contributed by atoms with Gasteiger partial charge in [0, 0.05) is 51.3 Å². The maximum absolute atomic E-state index is 12.6. The molecule has 1 fully saturated rings. The van der Waals surface area contributed by atoms with Gasteiger partial charge in [0.15, 0.2) is 0 Å². The van der Waals surface area contributed by atoms with Gasteiger partial charge in [0.1, 0.15) is 5.82 Å². The Morgan fingerprint density at radius 3 is 2.74 bits per heavy atom. The fraction of sp³-hybridized carbons (Fsp3) is 0.450. The summed E-state index contributed by atoms with van der Waals surface area (Å²) >= 11 is 0. The van der Waals surface area contributed by atoms with Gasteiger partial charge in [0.2, 0.25) is 0 Å². The van der Waals surface area contributed by atoms with Crippen molar-refractivity contribution in [2.24, 2.45) is 0 Å². The zero-order valence-electron chi connectivity index (χ0n) is 16.3. The van der Waals surface area contributed by atoms with E-state index in [1.807, 2.05) is 49.1 Å². The van der Waals surface area contributed by atoms with E-state index in [2.05, 4.69) is 26.7 Å². The van der Waals surface area contributed by atoms with E-state index in [1.165, 1.54) is 0 Å². The van der Waals surface area contributed by atoms with Crippen LogP contribution in [-0.4, -0.2) is 54.1 Å². The molecule has 1 saturated heterocycles. The monoisotopic (exact) mass is 368 g/mol. The van der Waals surface area contributed by atoms with Crippen LogP contribution in [0.25, 0.3) is 0 Å². The molecular formula is C20H28N6O. The molecule has 7 nitrogen and oxygen atoms in total. The molecule has 1 aliphatic rings. The number of carbonyl (C=O) groups excluding carboxylic acids is 1. The number of rotatable bonds is 4. The summed E-state index contributed by atoms with van der Waals surface area (Å²) < 4.78 is 0. The molecule has 2 aromatic heterocycles. The number of nitrogens with zero attached hydrogens (tertiary/aromatic N) is 4. The zero-order chi connectivity index (χ0) is 19.2. The number of urea groups is 1. The predicted octanol–water partition coefficient (Wildman–Crippen LogP) is 3.35. The second-order valence-corrected chi connectivity index (χ2v) is 7.18. The van der Waals surface area contributed by atoms with Crippen LogP contribution in [0.2, 0.25) is 0 Å². The number of likely N-dealkylation sites (tertiary alicyclic amines) is 1. The highest BCUT2D eigenvalue weighted by molar-refractivity contribution is 5.90. The molecule has 1 atom stereocenters. The summed E-state index contributed by atoms with van der Waals surface area (Å²) in [5.41, 5.74) is 2.81. The predicted molar refractivity (Wildman–Crippen MR) is 109 cm³/mol. The van der Waals surface area contributed by atoms with Gasteiger partial charge in [0.05, 0.1) is 11.9 Å². The van der Waals surface area contributed by atoms with Crippen molar-refractivity contribution < 1.29 is 4.79 Å². The lowest BCUT2D eigenvalue weighted by Gasteiger charge is -2.22. The number of aromatic nitrogens is 2. The number of hydrogen-bond acceptors (Lipinski definition) is 5. The fourth-order valence-corrected chi connectivity index (χ4v) is 3.22. The van der Waals surface area contributed by atoms with E-state index in [0.717, 1.165) is 55.1 Å². The molecule has 2 amide bonds. The van der Waals surface area contributed by atoms with Crippen LogP contribution in [0.4, 0.5) is 22.0 Å². The first-order chi connectivity index (χ1) is 13.0. The maximum Gasteiger partial charge on any atom is 0.321 e. The molecule has 3 rings (SSSR count). The molecule has 2 aromatic rings. The van der Waals surface area contributed by atoms with E-state index in [9.17, 15) is 4.79 Å². The lowest BCUT2D eigenvalue weighted by atomic mass is 10.1. The van der Waals surface area contributed by atoms with Gasteiger partial charge in [-0.2, -0.15) is 0 Å². The Labute approximate surface area is 160 Å². The second-order valence-electron chi connectivity index (χ2n) is 7.18. The van der Waals surface area contributed by atoms with E-state index in [0.29, 0.717) is 6.04 Å². The van der Waals surface area contributed by atoms with E-state index in [1.54, 1.807) is 12.4 Å². The average Bonchev–Trinajstić information content (AvgIpc) is 2.90. The lowest BCUT2D eigenvalue weighted by molar-refractivity contribution is 0.213. The number of aryl methyl sites for hydroxylation is 1. The minimum atomic E-state index is -0.0399. The minimum Gasteiger partial charge on any atom is -0.381 e. The molecule has 2 N–H and O–H groups in total. The molecule has 3 heterocycles. The van der Waals surface area contributed by atoms with Gasteiger partial charge in [-0.25, -0.2) is 9.78 Å². The number of hydrogen-bond donors (Lipinski definition) is 2. The maximum atomic E-state index is 12.6. The van der Waals surface area contributed by atoms with Crippen molar-refractivity contribution in [1.82, 2.24) is 14.9 Å². The Morgan fingerprint density at radius 2 is 2.04 bits per heavy atom. The summed E-state index contributed by atoms with van der Waals surface area (Å²) in [6.07, 6.45) is 8.25. The zero-order valence-corrected chi connectivity index (χ0v) is 16.3. The first-order valence-corrected chi connectivity index (χ1v) is 9.39. The van der Waals surface area contributed by atoms with Crippen LogP contribution < -0.4 is 15.5 Å². The second kappa shape index (κ2) is 8.70. The quantitative estimate of drug-likeness (QED) is 0.866. The van der Waals surface area contributed by atoms with E-state index in [4.69, 9.17) is 0 Å². The molecule has 27 heavy (non-hydrogen) atoms. The number of nitrogens with one attached hydrogen (secondary N) is 2. The van der Waals surface area contributed by atoms with Crippen LogP contribution in [0.5, 0.6) is 0 Å². The summed E-state index contributed by atoms with van der Waals surface area (Å²) in [5, 5.41) is 6.56. The Kier molecular flexibility index (Phi) is 6.11.